The molecule has 0 amide bonds. The van der Waals surface area contributed by atoms with Crippen LogP contribution in [-0.4, -0.2) is 29.5 Å². The van der Waals surface area contributed by atoms with Gasteiger partial charge in [-0.3, -0.25) is 9.88 Å². The standard InChI is InChI=1S/C20H27N3.3ClH/c1-17-5-2-3-7-20(17)16-23-11-8-18(9-12-23)13-22-15-19-6-4-10-21-14-19;;;/h2-7,10,14,18,22H,8-9,11-13,15-16H2,1H3;3*1H. The number of nitrogens with one attached hydrogen (secondary N) is 1. The highest BCUT2D eigenvalue weighted by atomic mass is 35.5. The van der Waals surface area contributed by atoms with Gasteiger partial charge >= 0.3 is 0 Å². The highest BCUT2D eigenvalue weighted by Crippen LogP contribution is 2.19. The molecule has 1 aromatic heterocycles. The third-order valence-corrected chi connectivity index (χ3v) is 4.85. The highest BCUT2D eigenvalue weighted by Gasteiger charge is 2.19. The van der Waals surface area contributed by atoms with Crippen LogP contribution in [0.1, 0.15) is 29.5 Å². The van der Waals surface area contributed by atoms with Crippen molar-refractivity contribution in [2.45, 2.75) is 32.9 Å². The Labute approximate surface area is 176 Å². The summed E-state index contributed by atoms with van der Waals surface area (Å²) in [5, 5.41) is 3.59. The zero-order chi connectivity index (χ0) is 15.9. The minimum Gasteiger partial charge on any atom is -0.312 e. The molecule has 1 N–H and O–H groups in total. The lowest BCUT2D eigenvalue weighted by atomic mass is 9.96. The molecular formula is C20H30Cl3N3. The fourth-order valence-corrected chi connectivity index (χ4v) is 3.30. The molecule has 1 fully saturated rings. The third-order valence-electron chi connectivity index (χ3n) is 4.85. The number of benzene rings is 1. The van der Waals surface area contributed by atoms with Crippen molar-refractivity contribution in [3.05, 3.63) is 65.5 Å². The van der Waals surface area contributed by atoms with E-state index in [1.54, 1.807) is 0 Å². The van der Waals surface area contributed by atoms with Gasteiger partial charge in [0.1, 0.15) is 0 Å². The van der Waals surface area contributed by atoms with Gasteiger partial charge in [-0.15, -0.1) is 37.2 Å². The molecule has 0 bridgehead atoms. The lowest BCUT2D eigenvalue weighted by Gasteiger charge is -2.32. The Balaban J connectivity index is 0.00000208. The maximum atomic E-state index is 4.16. The van der Waals surface area contributed by atoms with E-state index in [9.17, 15) is 0 Å². The number of piperidine rings is 1. The van der Waals surface area contributed by atoms with E-state index in [1.807, 2.05) is 18.5 Å². The Morgan fingerprint density at radius 3 is 2.42 bits per heavy atom. The van der Waals surface area contributed by atoms with E-state index in [-0.39, 0.29) is 37.2 Å². The van der Waals surface area contributed by atoms with Crippen molar-refractivity contribution in [3.8, 4) is 0 Å². The fraction of sp³-hybridized carbons (Fsp3) is 0.450. The molecule has 0 aliphatic carbocycles. The number of rotatable bonds is 6. The first kappa shape index (κ1) is 25.2. The molecule has 1 aromatic carbocycles. The van der Waals surface area contributed by atoms with Gasteiger partial charge in [0.15, 0.2) is 0 Å². The van der Waals surface area contributed by atoms with Gasteiger partial charge < -0.3 is 5.32 Å². The van der Waals surface area contributed by atoms with Gasteiger partial charge in [0.2, 0.25) is 0 Å². The highest BCUT2D eigenvalue weighted by molar-refractivity contribution is 5.86. The Bertz CT molecular complexity index is 602. The van der Waals surface area contributed by atoms with Crippen molar-refractivity contribution in [1.29, 1.82) is 0 Å². The lowest BCUT2D eigenvalue weighted by molar-refractivity contribution is 0.175. The molecule has 0 atom stereocenters. The van der Waals surface area contributed by atoms with Crippen LogP contribution in [0.5, 0.6) is 0 Å². The molecule has 0 radical (unpaired) electrons. The third kappa shape index (κ3) is 7.81. The van der Waals surface area contributed by atoms with E-state index in [1.165, 1.54) is 42.6 Å². The Kier molecular flexibility index (Phi) is 12.9. The van der Waals surface area contributed by atoms with E-state index in [0.717, 1.165) is 25.6 Å². The van der Waals surface area contributed by atoms with E-state index >= 15 is 0 Å². The summed E-state index contributed by atoms with van der Waals surface area (Å²) in [6.45, 7) is 7.79. The van der Waals surface area contributed by atoms with Crippen molar-refractivity contribution < 1.29 is 0 Å². The summed E-state index contributed by atoms with van der Waals surface area (Å²) in [6, 6.07) is 12.9. The van der Waals surface area contributed by atoms with Crippen LogP contribution in [0, 0.1) is 12.8 Å². The van der Waals surface area contributed by atoms with Crippen molar-refractivity contribution >= 4 is 37.2 Å². The molecule has 3 rings (SSSR count). The topological polar surface area (TPSA) is 28.2 Å². The zero-order valence-corrected chi connectivity index (χ0v) is 17.7. The average Bonchev–Trinajstić information content (AvgIpc) is 2.59. The Hall–Kier alpha value is -0.840. The first-order valence-corrected chi connectivity index (χ1v) is 8.68. The van der Waals surface area contributed by atoms with Gasteiger partial charge in [0.25, 0.3) is 0 Å². The minimum atomic E-state index is 0. The van der Waals surface area contributed by atoms with Gasteiger partial charge in [-0.1, -0.05) is 30.3 Å². The van der Waals surface area contributed by atoms with E-state index in [4.69, 9.17) is 0 Å². The lowest BCUT2D eigenvalue weighted by Crippen LogP contribution is -2.36. The summed E-state index contributed by atoms with van der Waals surface area (Å²) in [6.07, 6.45) is 6.36. The number of pyridine rings is 1. The SMILES string of the molecule is Cc1ccccc1CN1CCC(CNCc2cccnc2)CC1.Cl.Cl.Cl. The number of aryl methyl sites for hydroxylation is 1. The molecule has 1 aliphatic heterocycles. The normalized spacial score (nSPS) is 14.7. The van der Waals surface area contributed by atoms with Crippen molar-refractivity contribution in [2.24, 2.45) is 5.92 Å². The number of hydrogen-bond donors (Lipinski definition) is 1. The number of aromatic nitrogens is 1. The fourth-order valence-electron chi connectivity index (χ4n) is 3.30. The van der Waals surface area contributed by atoms with Crippen LogP contribution >= 0.6 is 37.2 Å². The van der Waals surface area contributed by atoms with Crippen molar-refractivity contribution in [3.63, 3.8) is 0 Å². The van der Waals surface area contributed by atoms with Gasteiger partial charge in [-0.25, -0.2) is 0 Å². The zero-order valence-electron chi connectivity index (χ0n) is 15.3. The molecule has 0 unspecified atom stereocenters. The second-order valence-electron chi connectivity index (χ2n) is 6.64. The van der Waals surface area contributed by atoms with Crippen LogP contribution in [0.3, 0.4) is 0 Å². The first-order chi connectivity index (χ1) is 11.3. The van der Waals surface area contributed by atoms with Gasteiger partial charge in [0, 0.05) is 25.5 Å². The minimum absolute atomic E-state index is 0. The van der Waals surface area contributed by atoms with Crippen LogP contribution in [-0.2, 0) is 13.1 Å². The summed E-state index contributed by atoms with van der Waals surface area (Å²) in [5.41, 5.74) is 4.15. The van der Waals surface area contributed by atoms with Crippen LogP contribution in [0.15, 0.2) is 48.8 Å². The molecule has 3 nitrogen and oxygen atoms in total. The quantitative estimate of drug-likeness (QED) is 0.739. The molecule has 0 saturated carbocycles. The number of likely N-dealkylation sites (tertiary alicyclic amines) is 1. The molecule has 6 heteroatoms. The maximum absolute atomic E-state index is 4.16. The maximum Gasteiger partial charge on any atom is 0.0312 e. The molecule has 146 valence electrons. The molecule has 1 aliphatic rings. The summed E-state index contributed by atoms with van der Waals surface area (Å²) >= 11 is 0. The van der Waals surface area contributed by atoms with Gasteiger partial charge in [-0.2, -0.15) is 0 Å². The van der Waals surface area contributed by atoms with Crippen molar-refractivity contribution in [1.82, 2.24) is 15.2 Å². The average molecular weight is 419 g/mol. The molecular weight excluding hydrogens is 389 g/mol. The first-order valence-electron chi connectivity index (χ1n) is 8.68. The number of halogens is 3. The van der Waals surface area contributed by atoms with E-state index in [0.29, 0.717) is 0 Å². The largest absolute Gasteiger partial charge is 0.312 e. The van der Waals surface area contributed by atoms with Crippen LogP contribution in [0.25, 0.3) is 0 Å². The molecule has 2 heterocycles. The van der Waals surface area contributed by atoms with Crippen LogP contribution in [0.2, 0.25) is 0 Å². The predicted octanol–water partition coefficient (Wildman–Crippen LogP) is 4.66. The molecule has 1 saturated heterocycles. The van der Waals surface area contributed by atoms with Crippen molar-refractivity contribution in [2.75, 3.05) is 19.6 Å². The smallest absolute Gasteiger partial charge is 0.0312 e. The van der Waals surface area contributed by atoms with Gasteiger partial charge in [-0.05, 0) is 68.1 Å². The molecule has 26 heavy (non-hydrogen) atoms. The number of nitrogens with zero attached hydrogens (tertiary/aromatic N) is 2. The van der Waals surface area contributed by atoms with E-state index in [2.05, 4.69) is 52.5 Å². The summed E-state index contributed by atoms with van der Waals surface area (Å²) < 4.78 is 0. The Morgan fingerprint density at radius 2 is 1.77 bits per heavy atom. The molecule has 0 spiro atoms. The predicted molar refractivity (Wildman–Crippen MR) is 117 cm³/mol. The second-order valence-corrected chi connectivity index (χ2v) is 6.64. The molecule has 2 aromatic rings. The summed E-state index contributed by atoms with van der Waals surface area (Å²) in [5.74, 6) is 0.805. The summed E-state index contributed by atoms with van der Waals surface area (Å²) in [4.78, 5) is 6.76. The van der Waals surface area contributed by atoms with Crippen LogP contribution in [0.4, 0.5) is 0 Å². The van der Waals surface area contributed by atoms with E-state index < -0.39 is 0 Å². The number of hydrogen-bond acceptors (Lipinski definition) is 3. The monoisotopic (exact) mass is 417 g/mol. The van der Waals surface area contributed by atoms with Gasteiger partial charge in [0.05, 0.1) is 0 Å². The van der Waals surface area contributed by atoms with Crippen LogP contribution < -0.4 is 5.32 Å². The summed E-state index contributed by atoms with van der Waals surface area (Å²) in [7, 11) is 0. The Morgan fingerprint density at radius 1 is 1.04 bits per heavy atom. The second kappa shape index (κ2) is 13.3.